The van der Waals surface area contributed by atoms with Gasteiger partial charge in [-0.2, -0.15) is 0 Å². The zero-order chi connectivity index (χ0) is 19.9. The van der Waals surface area contributed by atoms with Crippen LogP contribution in [0.15, 0.2) is 47.1 Å². The highest BCUT2D eigenvalue weighted by atomic mass is 32.2. The molecule has 0 unspecified atom stereocenters. The first kappa shape index (κ1) is 20.8. The van der Waals surface area contributed by atoms with Gasteiger partial charge in [0.15, 0.2) is 0 Å². The molecule has 0 aliphatic carbocycles. The van der Waals surface area contributed by atoms with Crippen LogP contribution in [0.4, 0.5) is 11.4 Å². The number of hydrogen-bond donors (Lipinski definition) is 1. The molecule has 1 heterocycles. The Morgan fingerprint density at radius 2 is 1.70 bits per heavy atom. The van der Waals surface area contributed by atoms with Crippen LogP contribution >= 0.6 is 0 Å². The highest BCUT2D eigenvalue weighted by molar-refractivity contribution is 7.92. The zero-order valence-electron chi connectivity index (χ0n) is 16.0. The van der Waals surface area contributed by atoms with Crippen LogP contribution in [0.5, 0.6) is 0 Å². The van der Waals surface area contributed by atoms with Gasteiger partial charge in [-0.15, -0.1) is 0 Å². The maximum atomic E-state index is 12.2. The number of benzene rings is 1. The second kappa shape index (κ2) is 9.45. The van der Waals surface area contributed by atoms with Crippen LogP contribution in [0.2, 0.25) is 0 Å². The lowest BCUT2D eigenvalue weighted by molar-refractivity contribution is -0.121. The normalized spacial score (nSPS) is 11.2. The van der Waals surface area contributed by atoms with E-state index in [-0.39, 0.29) is 25.4 Å². The molecular formula is C19H27N3O4S. The standard InChI is InChI=1S/C19H27N3O4S/c1-4-21(5-2)16-8-10-17(11-9-16)22(27(3,24)25)13-12-19(23)20-15-18-7-6-14-26-18/h6-11,14H,4-5,12-13,15H2,1-3H3,(H,20,23). The molecule has 0 fully saturated rings. The summed E-state index contributed by atoms with van der Waals surface area (Å²) in [6.07, 6.45) is 2.74. The first-order valence-corrected chi connectivity index (χ1v) is 10.8. The third-order valence-electron chi connectivity index (χ3n) is 4.25. The first-order valence-electron chi connectivity index (χ1n) is 8.97. The van der Waals surface area contributed by atoms with Crippen molar-refractivity contribution in [1.82, 2.24) is 5.32 Å². The molecule has 0 spiro atoms. The van der Waals surface area contributed by atoms with E-state index in [0.717, 1.165) is 25.0 Å². The summed E-state index contributed by atoms with van der Waals surface area (Å²) in [5.74, 6) is 0.412. The van der Waals surface area contributed by atoms with Crippen LogP contribution in [-0.2, 0) is 21.4 Å². The predicted octanol–water partition coefficient (Wildman–Crippen LogP) is 2.60. The molecule has 0 bridgehead atoms. The third-order valence-corrected chi connectivity index (χ3v) is 5.44. The van der Waals surface area contributed by atoms with Crippen molar-refractivity contribution in [3.63, 3.8) is 0 Å². The molecule has 2 aromatic rings. The van der Waals surface area contributed by atoms with Gasteiger partial charge in [0.1, 0.15) is 5.76 Å². The van der Waals surface area contributed by atoms with E-state index >= 15 is 0 Å². The molecule has 8 heteroatoms. The second-order valence-electron chi connectivity index (χ2n) is 6.13. The number of rotatable bonds is 10. The van der Waals surface area contributed by atoms with Gasteiger partial charge in [-0.25, -0.2) is 8.42 Å². The SMILES string of the molecule is CCN(CC)c1ccc(N(CCC(=O)NCc2ccco2)S(C)(=O)=O)cc1. The minimum atomic E-state index is -3.49. The van der Waals surface area contributed by atoms with E-state index in [0.29, 0.717) is 11.4 Å². The molecule has 0 radical (unpaired) electrons. The molecule has 1 amide bonds. The average molecular weight is 394 g/mol. The summed E-state index contributed by atoms with van der Waals surface area (Å²) < 4.78 is 30.8. The Kier molecular flexibility index (Phi) is 7.29. The molecule has 148 valence electrons. The Balaban J connectivity index is 2.01. The minimum Gasteiger partial charge on any atom is -0.467 e. The fourth-order valence-corrected chi connectivity index (χ4v) is 3.72. The molecule has 1 aromatic heterocycles. The van der Waals surface area contributed by atoms with E-state index in [9.17, 15) is 13.2 Å². The van der Waals surface area contributed by atoms with Gasteiger partial charge >= 0.3 is 0 Å². The van der Waals surface area contributed by atoms with Crippen molar-refractivity contribution in [2.45, 2.75) is 26.8 Å². The van der Waals surface area contributed by atoms with Gasteiger partial charge in [-0.1, -0.05) is 0 Å². The van der Waals surface area contributed by atoms with Crippen molar-refractivity contribution in [2.75, 3.05) is 35.1 Å². The Bertz CT molecular complexity index is 813. The van der Waals surface area contributed by atoms with E-state index in [4.69, 9.17) is 4.42 Å². The predicted molar refractivity (Wildman–Crippen MR) is 107 cm³/mol. The summed E-state index contributed by atoms with van der Waals surface area (Å²) in [4.78, 5) is 14.2. The van der Waals surface area contributed by atoms with E-state index in [2.05, 4.69) is 24.1 Å². The van der Waals surface area contributed by atoms with Gasteiger partial charge in [0.25, 0.3) is 0 Å². The van der Waals surface area contributed by atoms with E-state index in [1.807, 2.05) is 12.1 Å². The monoisotopic (exact) mass is 393 g/mol. The summed E-state index contributed by atoms with van der Waals surface area (Å²) in [5, 5.41) is 2.72. The van der Waals surface area contributed by atoms with Gasteiger partial charge in [-0.05, 0) is 50.2 Å². The average Bonchev–Trinajstić information content (AvgIpc) is 3.15. The third kappa shape index (κ3) is 6.02. The van der Waals surface area contributed by atoms with Gasteiger partial charge < -0.3 is 14.6 Å². The van der Waals surface area contributed by atoms with Crippen molar-refractivity contribution >= 4 is 27.3 Å². The molecule has 7 nitrogen and oxygen atoms in total. The van der Waals surface area contributed by atoms with Crippen molar-refractivity contribution in [2.24, 2.45) is 0 Å². The summed E-state index contributed by atoms with van der Waals surface area (Å²) in [6, 6.07) is 10.9. The summed E-state index contributed by atoms with van der Waals surface area (Å²) in [5.41, 5.74) is 1.58. The van der Waals surface area contributed by atoms with Crippen molar-refractivity contribution < 1.29 is 17.6 Å². The quantitative estimate of drug-likeness (QED) is 0.671. The van der Waals surface area contributed by atoms with E-state index in [1.54, 1.807) is 24.3 Å². The van der Waals surface area contributed by atoms with E-state index in [1.165, 1.54) is 10.6 Å². The molecule has 0 aliphatic heterocycles. The number of carbonyl (C=O) groups excluding carboxylic acids is 1. The molecule has 0 saturated carbocycles. The lowest BCUT2D eigenvalue weighted by Crippen LogP contribution is -2.34. The molecule has 0 aliphatic rings. The maximum Gasteiger partial charge on any atom is 0.232 e. The Morgan fingerprint density at radius 3 is 2.22 bits per heavy atom. The number of nitrogens with zero attached hydrogens (tertiary/aromatic N) is 2. The van der Waals surface area contributed by atoms with Gasteiger partial charge in [0.2, 0.25) is 15.9 Å². The molecular weight excluding hydrogens is 366 g/mol. The number of carbonyl (C=O) groups is 1. The first-order chi connectivity index (χ1) is 12.8. The van der Waals surface area contributed by atoms with Crippen molar-refractivity contribution in [3.05, 3.63) is 48.4 Å². The largest absolute Gasteiger partial charge is 0.467 e. The summed E-state index contributed by atoms with van der Waals surface area (Å²) in [6.45, 7) is 6.25. The molecule has 0 saturated heterocycles. The lowest BCUT2D eigenvalue weighted by atomic mass is 10.2. The molecule has 27 heavy (non-hydrogen) atoms. The summed E-state index contributed by atoms with van der Waals surface area (Å²) in [7, 11) is -3.49. The smallest absolute Gasteiger partial charge is 0.232 e. The Hall–Kier alpha value is -2.48. The highest BCUT2D eigenvalue weighted by Crippen LogP contribution is 2.23. The number of amides is 1. The van der Waals surface area contributed by atoms with Crippen molar-refractivity contribution in [1.29, 1.82) is 0 Å². The number of hydrogen-bond acceptors (Lipinski definition) is 5. The maximum absolute atomic E-state index is 12.2. The fourth-order valence-electron chi connectivity index (χ4n) is 2.80. The molecule has 1 aromatic carbocycles. The molecule has 0 atom stereocenters. The Labute approximate surface area is 161 Å². The van der Waals surface area contributed by atoms with Crippen LogP contribution in [0.25, 0.3) is 0 Å². The van der Waals surface area contributed by atoms with E-state index < -0.39 is 10.0 Å². The van der Waals surface area contributed by atoms with Crippen LogP contribution in [0.1, 0.15) is 26.0 Å². The summed E-state index contributed by atoms with van der Waals surface area (Å²) >= 11 is 0. The number of sulfonamides is 1. The van der Waals surface area contributed by atoms with Gasteiger partial charge in [0.05, 0.1) is 24.8 Å². The minimum absolute atomic E-state index is 0.0611. The van der Waals surface area contributed by atoms with Crippen LogP contribution in [0.3, 0.4) is 0 Å². The highest BCUT2D eigenvalue weighted by Gasteiger charge is 2.19. The van der Waals surface area contributed by atoms with Crippen molar-refractivity contribution in [3.8, 4) is 0 Å². The zero-order valence-corrected chi connectivity index (χ0v) is 16.8. The van der Waals surface area contributed by atoms with Gasteiger partial charge in [-0.3, -0.25) is 9.10 Å². The Morgan fingerprint density at radius 1 is 1.07 bits per heavy atom. The number of furan rings is 1. The fraction of sp³-hybridized carbons (Fsp3) is 0.421. The van der Waals surface area contributed by atoms with Gasteiger partial charge in [0, 0.05) is 31.7 Å². The molecule has 2 rings (SSSR count). The molecule has 1 N–H and O–H groups in total. The van der Waals surface area contributed by atoms with Crippen LogP contribution in [-0.4, -0.2) is 40.2 Å². The lowest BCUT2D eigenvalue weighted by Gasteiger charge is -2.25. The number of nitrogens with one attached hydrogen (secondary N) is 1. The van der Waals surface area contributed by atoms with Crippen LogP contribution < -0.4 is 14.5 Å². The van der Waals surface area contributed by atoms with Crippen LogP contribution in [0, 0.1) is 0 Å². The topological polar surface area (TPSA) is 82.9 Å². The second-order valence-corrected chi connectivity index (χ2v) is 8.04. The number of anilines is 2.